The van der Waals surface area contributed by atoms with E-state index in [9.17, 15) is 4.79 Å². The normalized spacial score (nSPS) is 22.4. The average molecular weight is 418 g/mol. The van der Waals surface area contributed by atoms with E-state index in [1.165, 1.54) is 0 Å². The number of methoxy groups -OCH3 is 1. The molecule has 2 saturated heterocycles. The number of benzene rings is 1. The van der Waals surface area contributed by atoms with Gasteiger partial charge >= 0.3 is 0 Å². The van der Waals surface area contributed by atoms with E-state index in [0.29, 0.717) is 5.69 Å². The zero-order valence-corrected chi connectivity index (χ0v) is 17.8. The van der Waals surface area contributed by atoms with E-state index < -0.39 is 0 Å². The molecule has 4 heterocycles. The lowest BCUT2D eigenvalue weighted by Crippen LogP contribution is -2.49. The van der Waals surface area contributed by atoms with E-state index in [-0.39, 0.29) is 24.1 Å². The molecule has 7 nitrogen and oxygen atoms in total. The first-order chi connectivity index (χ1) is 15.1. The number of pyridine rings is 1. The number of carbonyl (C=O) groups excluding carboxylic acids is 1. The minimum absolute atomic E-state index is 0.0546. The number of hydrogen-bond acceptors (Lipinski definition) is 5. The molecule has 160 valence electrons. The van der Waals surface area contributed by atoms with Gasteiger partial charge in [0.25, 0.3) is 5.91 Å². The van der Waals surface area contributed by atoms with Crippen molar-refractivity contribution in [3.63, 3.8) is 0 Å². The van der Waals surface area contributed by atoms with E-state index in [0.717, 1.165) is 48.4 Å². The molecular formula is C24H26N4O3. The number of hydrogen-bond donors (Lipinski definition) is 0. The zero-order valence-electron chi connectivity index (χ0n) is 17.8. The van der Waals surface area contributed by atoms with Crippen LogP contribution in [0.15, 0.2) is 54.9 Å². The zero-order chi connectivity index (χ0) is 21.4. The Kier molecular flexibility index (Phi) is 5.10. The highest BCUT2D eigenvalue weighted by molar-refractivity contribution is 5.94. The number of amides is 1. The van der Waals surface area contributed by atoms with Crippen molar-refractivity contribution in [3.8, 4) is 22.8 Å². The van der Waals surface area contributed by atoms with Gasteiger partial charge in [0.2, 0.25) is 0 Å². The summed E-state index contributed by atoms with van der Waals surface area (Å²) < 4.78 is 13.2. The molecule has 1 aromatic carbocycles. The maximum atomic E-state index is 13.5. The van der Waals surface area contributed by atoms with Crippen LogP contribution in [-0.4, -0.2) is 50.9 Å². The lowest BCUT2D eigenvalue weighted by Gasteiger charge is -2.38. The Morgan fingerprint density at radius 3 is 2.48 bits per heavy atom. The summed E-state index contributed by atoms with van der Waals surface area (Å²) in [7, 11) is 3.47. The van der Waals surface area contributed by atoms with Gasteiger partial charge in [-0.15, -0.1) is 0 Å². The highest BCUT2D eigenvalue weighted by Gasteiger charge is 2.44. The molecule has 5 rings (SSSR count). The number of carbonyl (C=O) groups is 1. The summed E-state index contributed by atoms with van der Waals surface area (Å²) in [5.41, 5.74) is 2.32. The van der Waals surface area contributed by atoms with Gasteiger partial charge in [-0.25, -0.2) is 0 Å². The van der Waals surface area contributed by atoms with Gasteiger partial charge in [0.15, 0.2) is 0 Å². The van der Waals surface area contributed by atoms with E-state index in [1.54, 1.807) is 24.2 Å². The summed E-state index contributed by atoms with van der Waals surface area (Å²) in [5, 5.41) is 4.60. The number of fused-ring (bicyclic) bond motifs is 2. The molecule has 0 N–H and O–H groups in total. The van der Waals surface area contributed by atoms with Crippen LogP contribution in [0, 0.1) is 0 Å². The molecule has 2 aliphatic heterocycles. The molecule has 2 bridgehead atoms. The fraction of sp³-hybridized carbons (Fsp3) is 0.375. The summed E-state index contributed by atoms with van der Waals surface area (Å²) in [6.07, 6.45) is 7.36. The molecule has 2 atom stereocenters. The first-order valence-corrected chi connectivity index (χ1v) is 10.7. The van der Waals surface area contributed by atoms with Crippen molar-refractivity contribution in [1.29, 1.82) is 0 Å². The number of ether oxygens (including phenoxy) is 2. The standard InChI is InChI=1S/C24H26N4O3/c1-27-23(15-22(26-27)16-4-3-5-20(12-16)30-2)24(29)28-17-6-7-18(28)14-21(13-17)31-19-8-10-25-11-9-19/h3-5,8-12,15,17-18,21H,6-7,13-14H2,1-2H3. The lowest BCUT2D eigenvalue weighted by atomic mass is 9.99. The lowest BCUT2D eigenvalue weighted by molar-refractivity contribution is 0.0350. The predicted octanol–water partition coefficient (Wildman–Crippen LogP) is 3.71. The second-order valence-electron chi connectivity index (χ2n) is 8.26. The van der Waals surface area contributed by atoms with Crippen molar-refractivity contribution in [3.05, 3.63) is 60.6 Å². The molecule has 0 radical (unpaired) electrons. The van der Waals surface area contributed by atoms with Gasteiger partial charge in [0.1, 0.15) is 23.3 Å². The maximum Gasteiger partial charge on any atom is 0.272 e. The first kappa shape index (κ1) is 19.6. The molecule has 0 aliphatic carbocycles. The van der Waals surface area contributed by atoms with Crippen LogP contribution in [0.5, 0.6) is 11.5 Å². The largest absolute Gasteiger partial charge is 0.497 e. The van der Waals surface area contributed by atoms with Gasteiger partial charge in [-0.05, 0) is 43.2 Å². The molecule has 2 unspecified atom stereocenters. The maximum absolute atomic E-state index is 13.5. The van der Waals surface area contributed by atoms with Gasteiger partial charge in [0.05, 0.1) is 12.8 Å². The molecular weight excluding hydrogens is 392 g/mol. The Bertz CT molecular complexity index is 1070. The van der Waals surface area contributed by atoms with Gasteiger partial charge in [0, 0.05) is 49.9 Å². The third-order valence-corrected chi connectivity index (χ3v) is 6.34. The topological polar surface area (TPSA) is 69.5 Å². The molecule has 2 aliphatic rings. The summed E-state index contributed by atoms with van der Waals surface area (Å²) in [6, 6.07) is 13.8. The van der Waals surface area contributed by atoms with Crippen molar-refractivity contribution in [2.45, 2.75) is 43.9 Å². The number of aryl methyl sites for hydroxylation is 1. The molecule has 1 amide bonds. The highest BCUT2D eigenvalue weighted by atomic mass is 16.5. The molecule has 2 aromatic heterocycles. The fourth-order valence-electron chi connectivity index (χ4n) is 4.89. The smallest absolute Gasteiger partial charge is 0.272 e. The van der Waals surface area contributed by atoms with E-state index in [1.807, 2.05) is 49.5 Å². The Morgan fingerprint density at radius 2 is 1.77 bits per heavy atom. The quantitative estimate of drug-likeness (QED) is 0.632. The minimum atomic E-state index is 0.0546. The van der Waals surface area contributed by atoms with Gasteiger partial charge in [-0.1, -0.05) is 12.1 Å². The molecule has 0 saturated carbocycles. The summed E-state index contributed by atoms with van der Waals surface area (Å²) in [4.78, 5) is 19.6. The Morgan fingerprint density at radius 1 is 1.03 bits per heavy atom. The van der Waals surface area contributed by atoms with E-state index in [2.05, 4.69) is 15.0 Å². The van der Waals surface area contributed by atoms with Crippen molar-refractivity contribution in [2.75, 3.05) is 7.11 Å². The molecule has 2 fully saturated rings. The Hall–Kier alpha value is -3.35. The summed E-state index contributed by atoms with van der Waals surface area (Å²) in [6.45, 7) is 0. The van der Waals surface area contributed by atoms with E-state index >= 15 is 0 Å². The fourth-order valence-corrected chi connectivity index (χ4v) is 4.89. The van der Waals surface area contributed by atoms with Gasteiger partial charge in [-0.3, -0.25) is 14.5 Å². The second-order valence-corrected chi connectivity index (χ2v) is 8.26. The van der Waals surface area contributed by atoms with Gasteiger partial charge in [-0.2, -0.15) is 5.10 Å². The monoisotopic (exact) mass is 418 g/mol. The summed E-state index contributed by atoms with van der Waals surface area (Å²) in [5.74, 6) is 1.66. The summed E-state index contributed by atoms with van der Waals surface area (Å²) >= 11 is 0. The SMILES string of the molecule is COc1cccc(-c2cc(C(=O)N3C4CCC3CC(Oc3ccncc3)C4)n(C)n2)c1. The molecule has 0 spiro atoms. The highest BCUT2D eigenvalue weighted by Crippen LogP contribution is 2.38. The van der Waals surface area contributed by atoms with Crippen molar-refractivity contribution in [1.82, 2.24) is 19.7 Å². The predicted molar refractivity (Wildman–Crippen MR) is 116 cm³/mol. The third kappa shape index (κ3) is 3.76. The van der Waals surface area contributed by atoms with Crippen LogP contribution >= 0.6 is 0 Å². The third-order valence-electron chi connectivity index (χ3n) is 6.34. The number of nitrogens with zero attached hydrogens (tertiary/aromatic N) is 4. The molecule has 7 heteroatoms. The second kappa shape index (κ2) is 8.06. The van der Waals surface area contributed by atoms with E-state index in [4.69, 9.17) is 9.47 Å². The van der Waals surface area contributed by atoms with Gasteiger partial charge < -0.3 is 14.4 Å². The number of piperidine rings is 1. The molecule has 31 heavy (non-hydrogen) atoms. The van der Waals surface area contributed by atoms with Crippen LogP contribution in [-0.2, 0) is 7.05 Å². The van der Waals surface area contributed by atoms with Crippen LogP contribution in [0.1, 0.15) is 36.2 Å². The first-order valence-electron chi connectivity index (χ1n) is 10.7. The van der Waals surface area contributed by atoms with Crippen molar-refractivity contribution < 1.29 is 14.3 Å². The number of rotatable bonds is 5. The Labute approximate surface area is 181 Å². The van der Waals surface area contributed by atoms with Crippen LogP contribution in [0.4, 0.5) is 0 Å². The minimum Gasteiger partial charge on any atom is -0.497 e. The Balaban J connectivity index is 1.34. The van der Waals surface area contributed by atoms with Crippen LogP contribution in [0.3, 0.4) is 0 Å². The average Bonchev–Trinajstić information content (AvgIpc) is 3.31. The number of aromatic nitrogens is 3. The van der Waals surface area contributed by atoms with Crippen LogP contribution < -0.4 is 9.47 Å². The van der Waals surface area contributed by atoms with Crippen molar-refractivity contribution >= 4 is 5.91 Å². The van der Waals surface area contributed by atoms with Crippen molar-refractivity contribution in [2.24, 2.45) is 7.05 Å². The van der Waals surface area contributed by atoms with Crippen LogP contribution in [0.25, 0.3) is 11.3 Å². The van der Waals surface area contributed by atoms with Crippen LogP contribution in [0.2, 0.25) is 0 Å². The molecule has 3 aromatic rings.